The van der Waals surface area contributed by atoms with E-state index in [-0.39, 0.29) is 5.41 Å². The van der Waals surface area contributed by atoms with Crippen molar-refractivity contribution in [3.05, 3.63) is 0 Å². The van der Waals surface area contributed by atoms with Gasteiger partial charge < -0.3 is 9.84 Å². The summed E-state index contributed by atoms with van der Waals surface area (Å²) in [6, 6.07) is 0. The zero-order valence-corrected chi connectivity index (χ0v) is 7.08. The number of aliphatic carboxylic acids is 1. The van der Waals surface area contributed by atoms with Crippen LogP contribution in [0.3, 0.4) is 0 Å². The van der Waals surface area contributed by atoms with E-state index >= 15 is 0 Å². The summed E-state index contributed by atoms with van der Waals surface area (Å²) in [4.78, 5) is 10.6. The Kier molecular flexibility index (Phi) is 1.83. The summed E-state index contributed by atoms with van der Waals surface area (Å²) in [6.45, 7) is 0.671. The quantitative estimate of drug-likeness (QED) is 0.681. The smallest absolute Gasteiger partial charge is 0.303 e. The molecule has 3 fully saturated rings. The number of hydrogen-bond acceptors (Lipinski definition) is 2. The van der Waals surface area contributed by atoms with E-state index in [2.05, 4.69) is 0 Å². The molecule has 3 aliphatic rings. The van der Waals surface area contributed by atoms with E-state index in [1.807, 2.05) is 0 Å². The average Bonchev–Trinajstić information content (AvgIpc) is 2.05. The minimum Gasteiger partial charge on any atom is -0.481 e. The van der Waals surface area contributed by atoms with Crippen molar-refractivity contribution in [3.8, 4) is 0 Å². The van der Waals surface area contributed by atoms with Gasteiger partial charge in [-0.25, -0.2) is 0 Å². The summed E-state index contributed by atoms with van der Waals surface area (Å²) in [5.41, 5.74) is -0.0133. The third-order valence-corrected chi connectivity index (χ3v) is 3.14. The Balaban J connectivity index is 2.03. The van der Waals surface area contributed by atoms with Crippen LogP contribution >= 0.6 is 0 Å². The van der Waals surface area contributed by atoms with E-state index < -0.39 is 5.97 Å². The van der Waals surface area contributed by atoms with Gasteiger partial charge >= 0.3 is 5.97 Å². The third-order valence-electron chi connectivity index (χ3n) is 3.14. The number of carbonyl (C=O) groups is 1. The summed E-state index contributed by atoms with van der Waals surface area (Å²) in [7, 11) is 0. The molecule has 0 radical (unpaired) electrons. The lowest BCUT2D eigenvalue weighted by atomic mass is 9.69. The van der Waals surface area contributed by atoms with Crippen LogP contribution in [0.5, 0.6) is 0 Å². The van der Waals surface area contributed by atoms with Gasteiger partial charge in [-0.3, -0.25) is 4.79 Å². The first kappa shape index (κ1) is 8.05. The zero-order chi connectivity index (χ0) is 8.60. The van der Waals surface area contributed by atoms with Gasteiger partial charge in [0.05, 0.1) is 19.1 Å². The molecule has 0 amide bonds. The fourth-order valence-corrected chi connectivity index (χ4v) is 2.36. The summed E-state index contributed by atoms with van der Waals surface area (Å²) in [5, 5.41) is 8.72. The molecule has 2 bridgehead atoms. The summed E-state index contributed by atoms with van der Waals surface area (Å²) >= 11 is 0. The van der Waals surface area contributed by atoms with E-state index in [9.17, 15) is 4.79 Å². The molecular weight excluding hydrogens is 156 g/mol. The van der Waals surface area contributed by atoms with Crippen LogP contribution in [-0.4, -0.2) is 23.8 Å². The fourth-order valence-electron chi connectivity index (χ4n) is 2.36. The van der Waals surface area contributed by atoms with Crippen molar-refractivity contribution in [2.24, 2.45) is 5.41 Å². The molecule has 3 heteroatoms. The van der Waals surface area contributed by atoms with Crippen LogP contribution in [0.4, 0.5) is 0 Å². The lowest BCUT2D eigenvalue weighted by molar-refractivity contribution is -0.153. The lowest BCUT2D eigenvalue weighted by Crippen LogP contribution is -2.43. The fraction of sp³-hybridized carbons (Fsp3) is 0.889. The molecule has 0 atom stereocenters. The van der Waals surface area contributed by atoms with Crippen LogP contribution in [0.2, 0.25) is 0 Å². The SMILES string of the molecule is O=C(O)CC12CCC(CC1)OC2. The van der Waals surface area contributed by atoms with Crippen molar-refractivity contribution >= 4 is 5.97 Å². The van der Waals surface area contributed by atoms with Gasteiger partial charge in [0, 0.05) is 5.41 Å². The number of rotatable bonds is 2. The molecule has 1 N–H and O–H groups in total. The topological polar surface area (TPSA) is 46.5 Å². The van der Waals surface area contributed by atoms with Crippen LogP contribution in [0.1, 0.15) is 32.1 Å². The maximum Gasteiger partial charge on any atom is 0.303 e. The summed E-state index contributed by atoms with van der Waals surface area (Å²) in [6.07, 6.45) is 4.94. The van der Waals surface area contributed by atoms with Crippen molar-refractivity contribution in [1.29, 1.82) is 0 Å². The first-order chi connectivity index (χ1) is 5.70. The van der Waals surface area contributed by atoms with Gasteiger partial charge in [-0.1, -0.05) is 0 Å². The Morgan fingerprint density at radius 2 is 2.17 bits per heavy atom. The van der Waals surface area contributed by atoms with Gasteiger partial charge in [-0.2, -0.15) is 0 Å². The molecular formula is C9H14O3. The number of ether oxygens (including phenoxy) is 1. The Morgan fingerprint density at radius 3 is 2.58 bits per heavy atom. The van der Waals surface area contributed by atoms with Crippen LogP contribution in [0, 0.1) is 5.41 Å². The Bertz CT molecular complexity index is 178. The van der Waals surface area contributed by atoms with Crippen molar-refractivity contribution in [2.45, 2.75) is 38.2 Å². The third kappa shape index (κ3) is 1.33. The Morgan fingerprint density at radius 1 is 1.50 bits per heavy atom. The van der Waals surface area contributed by atoms with Gasteiger partial charge in [-0.05, 0) is 25.7 Å². The second kappa shape index (κ2) is 2.73. The first-order valence-electron chi connectivity index (χ1n) is 4.54. The molecule has 2 aliphatic heterocycles. The average molecular weight is 170 g/mol. The normalized spacial score (nSPS) is 39.8. The van der Waals surface area contributed by atoms with E-state index in [1.54, 1.807) is 0 Å². The van der Waals surface area contributed by atoms with Gasteiger partial charge in [0.2, 0.25) is 0 Å². The van der Waals surface area contributed by atoms with Gasteiger partial charge in [0.25, 0.3) is 0 Å². The molecule has 68 valence electrons. The van der Waals surface area contributed by atoms with E-state index in [4.69, 9.17) is 9.84 Å². The van der Waals surface area contributed by atoms with Crippen molar-refractivity contribution < 1.29 is 14.6 Å². The minimum atomic E-state index is -0.682. The number of carboxylic acids is 1. The zero-order valence-electron chi connectivity index (χ0n) is 7.08. The molecule has 2 heterocycles. The molecule has 3 nitrogen and oxygen atoms in total. The van der Waals surface area contributed by atoms with Gasteiger partial charge in [0.15, 0.2) is 0 Å². The monoisotopic (exact) mass is 170 g/mol. The number of fused-ring (bicyclic) bond motifs is 3. The molecule has 0 spiro atoms. The molecule has 0 unspecified atom stereocenters. The Hall–Kier alpha value is -0.570. The predicted molar refractivity (Wildman–Crippen MR) is 42.9 cm³/mol. The second-order valence-electron chi connectivity index (χ2n) is 4.08. The van der Waals surface area contributed by atoms with Gasteiger partial charge in [0.1, 0.15) is 0 Å². The molecule has 1 saturated carbocycles. The highest BCUT2D eigenvalue weighted by Gasteiger charge is 2.42. The van der Waals surface area contributed by atoms with E-state index in [0.717, 1.165) is 25.7 Å². The molecule has 1 aliphatic carbocycles. The van der Waals surface area contributed by atoms with Crippen molar-refractivity contribution in [1.82, 2.24) is 0 Å². The number of hydrogen-bond donors (Lipinski definition) is 1. The van der Waals surface area contributed by atoms with Crippen molar-refractivity contribution in [3.63, 3.8) is 0 Å². The highest BCUT2D eigenvalue weighted by atomic mass is 16.5. The highest BCUT2D eigenvalue weighted by molar-refractivity contribution is 5.67. The van der Waals surface area contributed by atoms with Crippen LogP contribution in [0.25, 0.3) is 0 Å². The lowest BCUT2D eigenvalue weighted by Gasteiger charge is -2.45. The molecule has 0 aromatic rings. The van der Waals surface area contributed by atoms with Gasteiger partial charge in [-0.15, -0.1) is 0 Å². The maximum absolute atomic E-state index is 10.6. The number of carboxylic acid groups (broad SMARTS) is 1. The van der Waals surface area contributed by atoms with Crippen LogP contribution in [-0.2, 0) is 9.53 Å². The summed E-state index contributed by atoms with van der Waals surface area (Å²) < 4.78 is 5.52. The minimum absolute atomic E-state index is 0.0133. The van der Waals surface area contributed by atoms with Crippen molar-refractivity contribution in [2.75, 3.05) is 6.61 Å². The van der Waals surface area contributed by atoms with Crippen LogP contribution < -0.4 is 0 Å². The standard InChI is InChI=1S/C9H14O3/c10-8(11)5-9-3-1-7(2-4-9)12-6-9/h7H,1-6H2,(H,10,11). The first-order valence-corrected chi connectivity index (χ1v) is 4.54. The predicted octanol–water partition coefficient (Wildman–Crippen LogP) is 1.42. The highest BCUT2D eigenvalue weighted by Crippen LogP contribution is 2.45. The summed E-state index contributed by atoms with van der Waals surface area (Å²) in [5.74, 6) is -0.682. The molecule has 0 aromatic heterocycles. The molecule has 3 rings (SSSR count). The Labute approximate surface area is 71.7 Å². The second-order valence-corrected chi connectivity index (χ2v) is 4.08. The largest absolute Gasteiger partial charge is 0.481 e. The molecule has 12 heavy (non-hydrogen) atoms. The maximum atomic E-state index is 10.6. The van der Waals surface area contributed by atoms with Crippen LogP contribution in [0.15, 0.2) is 0 Å². The molecule has 0 aromatic carbocycles. The van der Waals surface area contributed by atoms with E-state index in [0.29, 0.717) is 19.1 Å². The van der Waals surface area contributed by atoms with E-state index in [1.165, 1.54) is 0 Å². The molecule has 2 saturated heterocycles.